The highest BCUT2D eigenvalue weighted by Crippen LogP contribution is 2.53. The summed E-state index contributed by atoms with van der Waals surface area (Å²) in [6, 6.07) is 8.85. The zero-order valence-electron chi connectivity index (χ0n) is 14.7. The van der Waals surface area contributed by atoms with Gasteiger partial charge in [-0.25, -0.2) is 0 Å². The highest BCUT2D eigenvalue weighted by molar-refractivity contribution is 8.16. The average molecular weight is 374 g/mol. The average Bonchev–Trinajstić information content (AvgIpc) is 2.65. The third-order valence-corrected chi connectivity index (χ3v) is 9.81. The minimum Gasteiger partial charge on any atom is -0.349 e. The third kappa shape index (κ3) is 3.25. The van der Waals surface area contributed by atoms with Crippen molar-refractivity contribution in [1.29, 1.82) is 0 Å². The van der Waals surface area contributed by atoms with Gasteiger partial charge in [-0.3, -0.25) is 4.79 Å². The van der Waals surface area contributed by atoms with E-state index in [-0.39, 0.29) is 5.91 Å². The zero-order valence-corrected chi connectivity index (χ0v) is 16.3. The van der Waals surface area contributed by atoms with Gasteiger partial charge in [-0.15, -0.1) is 23.5 Å². The first-order valence-corrected chi connectivity index (χ1v) is 12.0. The minimum atomic E-state index is 0.146. The molecule has 0 unspecified atom stereocenters. The first-order valence-electron chi connectivity index (χ1n) is 9.90. The molecule has 1 aromatic carbocycles. The molecule has 1 heterocycles. The summed E-state index contributed by atoms with van der Waals surface area (Å²) in [5, 5.41) is 3.43. The third-order valence-electron chi connectivity index (χ3n) is 6.80. The van der Waals surface area contributed by atoms with E-state index in [9.17, 15) is 4.79 Å². The Morgan fingerprint density at radius 2 is 1.48 bits per heavy atom. The van der Waals surface area contributed by atoms with E-state index in [0.29, 0.717) is 10.6 Å². The lowest BCUT2D eigenvalue weighted by Gasteiger charge is -2.54. The van der Waals surface area contributed by atoms with Gasteiger partial charge in [0.05, 0.1) is 4.58 Å². The lowest BCUT2D eigenvalue weighted by atomic mass is 9.54. The van der Waals surface area contributed by atoms with Crippen LogP contribution in [0.15, 0.2) is 24.3 Å². The Morgan fingerprint density at radius 3 is 2.08 bits per heavy atom. The molecule has 1 saturated heterocycles. The molecule has 0 aromatic heterocycles. The minimum absolute atomic E-state index is 0.146. The molecule has 0 spiro atoms. The number of hydrogen-bond acceptors (Lipinski definition) is 3. The van der Waals surface area contributed by atoms with Crippen LogP contribution in [0, 0.1) is 23.7 Å². The molecular formula is C21H27NOS2. The smallest absolute Gasteiger partial charge is 0.251 e. The molecule has 0 radical (unpaired) electrons. The molecule has 1 N–H and O–H groups in total. The Hall–Kier alpha value is -0.610. The van der Waals surface area contributed by atoms with Gasteiger partial charge in [0.1, 0.15) is 0 Å². The van der Waals surface area contributed by atoms with Crippen LogP contribution in [0.1, 0.15) is 59.0 Å². The molecular weight excluding hydrogens is 346 g/mol. The van der Waals surface area contributed by atoms with Gasteiger partial charge in [-0.1, -0.05) is 12.1 Å². The molecule has 25 heavy (non-hydrogen) atoms. The standard InChI is InChI=1S/C21H27NOS2/c23-20(15-2-4-16(5-3-15)21-24-6-1-7-25-21)22-19-17-9-13-8-14(11-17)12-18(19)10-13/h2-5,13-14,17-19,21H,1,6-12H2,(H,22,23). The number of hydrogen-bond donors (Lipinski definition) is 1. The lowest BCUT2D eigenvalue weighted by molar-refractivity contribution is -0.0119. The quantitative estimate of drug-likeness (QED) is 0.798. The van der Waals surface area contributed by atoms with Gasteiger partial charge >= 0.3 is 0 Å². The van der Waals surface area contributed by atoms with Crippen LogP contribution in [-0.4, -0.2) is 23.5 Å². The van der Waals surface area contributed by atoms with Crippen LogP contribution in [0.25, 0.3) is 0 Å². The Kier molecular flexibility index (Phi) is 4.53. The number of rotatable bonds is 3. The normalized spacial score (nSPS) is 37.2. The Bertz CT molecular complexity index is 610. The number of nitrogens with one attached hydrogen (secondary N) is 1. The summed E-state index contributed by atoms with van der Waals surface area (Å²) in [4.78, 5) is 12.8. The van der Waals surface area contributed by atoms with E-state index in [1.165, 1.54) is 55.6 Å². The van der Waals surface area contributed by atoms with E-state index in [1.807, 2.05) is 35.7 Å². The molecule has 6 rings (SSSR count). The van der Waals surface area contributed by atoms with Crippen LogP contribution in [-0.2, 0) is 0 Å². The molecule has 2 nitrogen and oxygen atoms in total. The van der Waals surface area contributed by atoms with Crippen molar-refractivity contribution in [3.05, 3.63) is 35.4 Å². The Balaban J connectivity index is 1.25. The van der Waals surface area contributed by atoms with Crippen LogP contribution in [0.5, 0.6) is 0 Å². The first-order chi connectivity index (χ1) is 12.3. The van der Waals surface area contributed by atoms with E-state index in [0.717, 1.165) is 29.2 Å². The number of amides is 1. The highest BCUT2D eigenvalue weighted by Gasteiger charge is 2.48. The number of carbonyl (C=O) groups is 1. The second-order valence-electron chi connectivity index (χ2n) is 8.48. The van der Waals surface area contributed by atoms with E-state index < -0.39 is 0 Å². The summed E-state index contributed by atoms with van der Waals surface area (Å²) < 4.78 is 0.551. The van der Waals surface area contributed by atoms with Crippen LogP contribution >= 0.6 is 23.5 Å². The van der Waals surface area contributed by atoms with Gasteiger partial charge in [0.15, 0.2) is 0 Å². The van der Waals surface area contributed by atoms with Crippen LogP contribution < -0.4 is 5.32 Å². The van der Waals surface area contributed by atoms with E-state index in [4.69, 9.17) is 0 Å². The van der Waals surface area contributed by atoms with Gasteiger partial charge < -0.3 is 5.32 Å². The topological polar surface area (TPSA) is 29.1 Å². The molecule has 0 atom stereocenters. The van der Waals surface area contributed by atoms with Crippen molar-refractivity contribution in [3.63, 3.8) is 0 Å². The molecule has 4 bridgehead atoms. The van der Waals surface area contributed by atoms with Crippen molar-refractivity contribution in [3.8, 4) is 0 Å². The van der Waals surface area contributed by atoms with E-state index in [2.05, 4.69) is 17.4 Å². The molecule has 5 aliphatic rings. The molecule has 134 valence electrons. The first kappa shape index (κ1) is 16.6. The van der Waals surface area contributed by atoms with Gasteiger partial charge in [0.25, 0.3) is 5.91 Å². The Labute approximate surface area is 159 Å². The highest BCUT2D eigenvalue weighted by atomic mass is 32.2. The summed E-state index contributed by atoms with van der Waals surface area (Å²) in [5.41, 5.74) is 2.20. The summed E-state index contributed by atoms with van der Waals surface area (Å²) in [7, 11) is 0. The van der Waals surface area contributed by atoms with E-state index in [1.54, 1.807) is 0 Å². The lowest BCUT2D eigenvalue weighted by Crippen LogP contribution is -2.55. The van der Waals surface area contributed by atoms with E-state index >= 15 is 0 Å². The molecule has 4 saturated carbocycles. The second-order valence-corrected chi connectivity index (χ2v) is 11.2. The van der Waals surface area contributed by atoms with Crippen LogP contribution in [0.2, 0.25) is 0 Å². The van der Waals surface area contributed by atoms with Crippen molar-refractivity contribution >= 4 is 29.4 Å². The molecule has 4 aliphatic carbocycles. The van der Waals surface area contributed by atoms with Gasteiger partial charge in [-0.2, -0.15) is 0 Å². The van der Waals surface area contributed by atoms with Gasteiger partial charge in [-0.05, 0) is 91.4 Å². The predicted molar refractivity (Wildman–Crippen MR) is 107 cm³/mol. The fourth-order valence-corrected chi connectivity index (χ4v) is 8.76. The molecule has 5 fully saturated rings. The fraction of sp³-hybridized carbons (Fsp3) is 0.667. The van der Waals surface area contributed by atoms with Crippen molar-refractivity contribution in [2.75, 3.05) is 11.5 Å². The monoisotopic (exact) mass is 373 g/mol. The summed E-state index contributed by atoms with van der Waals surface area (Å²) in [5.74, 6) is 6.07. The van der Waals surface area contributed by atoms with Gasteiger partial charge in [0.2, 0.25) is 0 Å². The molecule has 4 heteroatoms. The van der Waals surface area contributed by atoms with Crippen molar-refractivity contribution < 1.29 is 4.79 Å². The molecule has 1 aliphatic heterocycles. The number of thioether (sulfide) groups is 2. The molecule has 1 aromatic rings. The van der Waals surface area contributed by atoms with Crippen molar-refractivity contribution in [1.82, 2.24) is 5.32 Å². The van der Waals surface area contributed by atoms with Crippen LogP contribution in [0.3, 0.4) is 0 Å². The summed E-state index contributed by atoms with van der Waals surface area (Å²) in [6.07, 6.45) is 8.20. The summed E-state index contributed by atoms with van der Waals surface area (Å²) in [6.45, 7) is 0. The number of carbonyl (C=O) groups excluding carboxylic acids is 1. The van der Waals surface area contributed by atoms with Crippen molar-refractivity contribution in [2.45, 2.75) is 49.1 Å². The fourth-order valence-electron chi connectivity index (χ4n) is 5.87. The number of benzene rings is 1. The van der Waals surface area contributed by atoms with Crippen molar-refractivity contribution in [2.24, 2.45) is 23.7 Å². The maximum atomic E-state index is 12.8. The largest absolute Gasteiger partial charge is 0.349 e. The maximum absolute atomic E-state index is 12.8. The Morgan fingerprint density at radius 1 is 0.880 bits per heavy atom. The predicted octanol–water partition coefficient (Wildman–Crippen LogP) is 5.11. The molecule has 1 amide bonds. The summed E-state index contributed by atoms with van der Waals surface area (Å²) >= 11 is 4.07. The van der Waals surface area contributed by atoms with Crippen LogP contribution in [0.4, 0.5) is 0 Å². The maximum Gasteiger partial charge on any atom is 0.251 e. The second kappa shape index (κ2) is 6.84. The van der Waals surface area contributed by atoms with Gasteiger partial charge in [0, 0.05) is 11.6 Å². The zero-order chi connectivity index (χ0) is 16.8. The SMILES string of the molecule is O=C(NC1C2CC3CC(C2)CC1C3)c1ccc(C2SCCCS2)cc1.